The van der Waals surface area contributed by atoms with Crippen molar-refractivity contribution in [2.24, 2.45) is 0 Å². The molecule has 1 rings (SSSR count). The lowest BCUT2D eigenvalue weighted by Gasteiger charge is -2.12. The summed E-state index contributed by atoms with van der Waals surface area (Å²) in [5, 5.41) is -0.597. The monoisotopic (exact) mass is 232 g/mol. The van der Waals surface area contributed by atoms with Crippen molar-refractivity contribution in [1.82, 2.24) is 0 Å². The number of hydrogen-bond acceptors (Lipinski definition) is 3. The molecule has 0 aliphatic rings. The number of hydrogen-bond donors (Lipinski definition) is 2. The molecule has 0 atom stereocenters. The second-order valence-electron chi connectivity index (χ2n) is 3.43. The van der Waals surface area contributed by atoms with Crippen LogP contribution in [-0.2, 0) is 10.0 Å². The second kappa shape index (κ2) is 4.06. The van der Waals surface area contributed by atoms with Crippen molar-refractivity contribution in [3.05, 3.63) is 24.0 Å². The maximum Gasteiger partial charge on any atom is 0.235 e. The zero-order chi connectivity index (χ0) is 11.6. The average molecular weight is 232 g/mol. The SMILES string of the molecule is CC(C)S(=O)(=O)Nc1cc(F)ccc1N. The first-order valence-electron chi connectivity index (χ1n) is 4.39. The van der Waals surface area contributed by atoms with Crippen molar-refractivity contribution >= 4 is 21.4 Å². The van der Waals surface area contributed by atoms with Crippen molar-refractivity contribution < 1.29 is 12.8 Å². The number of rotatable bonds is 3. The zero-order valence-electron chi connectivity index (χ0n) is 8.49. The van der Waals surface area contributed by atoms with Crippen LogP contribution in [-0.4, -0.2) is 13.7 Å². The number of nitrogens with one attached hydrogen (secondary N) is 1. The standard InChI is InChI=1S/C9H13FN2O2S/c1-6(2)15(13,14)12-9-5-7(10)3-4-8(9)11/h3-6,12H,11H2,1-2H3. The summed E-state index contributed by atoms with van der Waals surface area (Å²) in [5.41, 5.74) is 5.77. The Balaban J connectivity index is 3.05. The van der Waals surface area contributed by atoms with Gasteiger partial charge in [-0.3, -0.25) is 4.72 Å². The number of anilines is 2. The van der Waals surface area contributed by atoms with E-state index in [1.54, 1.807) is 0 Å². The van der Waals surface area contributed by atoms with Crippen LogP contribution in [0.2, 0.25) is 0 Å². The van der Waals surface area contributed by atoms with Crippen LogP contribution in [0.1, 0.15) is 13.8 Å². The van der Waals surface area contributed by atoms with E-state index in [4.69, 9.17) is 5.73 Å². The normalized spacial score (nSPS) is 11.7. The van der Waals surface area contributed by atoms with Gasteiger partial charge in [-0.25, -0.2) is 12.8 Å². The van der Waals surface area contributed by atoms with Gasteiger partial charge in [-0.15, -0.1) is 0 Å². The van der Waals surface area contributed by atoms with E-state index in [-0.39, 0.29) is 11.4 Å². The van der Waals surface area contributed by atoms with Gasteiger partial charge in [0.15, 0.2) is 0 Å². The van der Waals surface area contributed by atoms with E-state index in [9.17, 15) is 12.8 Å². The molecule has 84 valence electrons. The first-order valence-corrected chi connectivity index (χ1v) is 5.94. The third kappa shape index (κ3) is 2.82. The van der Waals surface area contributed by atoms with E-state index in [2.05, 4.69) is 4.72 Å². The van der Waals surface area contributed by atoms with Crippen molar-refractivity contribution in [3.63, 3.8) is 0 Å². The van der Waals surface area contributed by atoms with E-state index >= 15 is 0 Å². The Labute approximate surface area is 88.3 Å². The highest BCUT2D eigenvalue weighted by molar-refractivity contribution is 7.93. The molecule has 0 aromatic heterocycles. The van der Waals surface area contributed by atoms with Gasteiger partial charge in [-0.1, -0.05) is 0 Å². The molecule has 0 spiro atoms. The van der Waals surface area contributed by atoms with Crippen LogP contribution in [0.15, 0.2) is 18.2 Å². The molecule has 0 bridgehead atoms. The van der Waals surface area contributed by atoms with Crippen LogP contribution in [0.5, 0.6) is 0 Å². The maximum atomic E-state index is 12.8. The van der Waals surface area contributed by atoms with Crippen LogP contribution in [0.3, 0.4) is 0 Å². The van der Waals surface area contributed by atoms with Crippen LogP contribution in [0, 0.1) is 5.82 Å². The van der Waals surface area contributed by atoms with Gasteiger partial charge in [0.05, 0.1) is 16.6 Å². The van der Waals surface area contributed by atoms with Gasteiger partial charge in [0, 0.05) is 6.07 Å². The van der Waals surface area contributed by atoms with Gasteiger partial charge in [0.25, 0.3) is 0 Å². The quantitative estimate of drug-likeness (QED) is 0.777. The fourth-order valence-electron chi connectivity index (χ4n) is 0.888. The molecule has 0 saturated heterocycles. The minimum absolute atomic E-state index is 0.0729. The third-order valence-electron chi connectivity index (χ3n) is 1.89. The molecule has 1 aromatic carbocycles. The van der Waals surface area contributed by atoms with E-state index in [1.807, 2.05) is 0 Å². The van der Waals surface area contributed by atoms with E-state index in [1.165, 1.54) is 26.0 Å². The fourth-order valence-corrected chi connectivity index (χ4v) is 1.61. The van der Waals surface area contributed by atoms with Gasteiger partial charge in [0.1, 0.15) is 5.82 Å². The molecule has 0 unspecified atom stereocenters. The topological polar surface area (TPSA) is 72.2 Å². The van der Waals surface area contributed by atoms with Crippen molar-refractivity contribution in [3.8, 4) is 0 Å². The first kappa shape index (κ1) is 11.8. The molecule has 0 radical (unpaired) electrons. The van der Waals surface area contributed by atoms with Crippen LogP contribution in [0.4, 0.5) is 15.8 Å². The Hall–Kier alpha value is -1.30. The summed E-state index contributed by atoms with van der Waals surface area (Å²) < 4.78 is 38.0. The lowest BCUT2D eigenvalue weighted by molar-refractivity contribution is 0.592. The van der Waals surface area contributed by atoms with Crippen molar-refractivity contribution in [1.29, 1.82) is 0 Å². The highest BCUT2D eigenvalue weighted by Gasteiger charge is 2.16. The molecule has 4 nitrogen and oxygen atoms in total. The maximum absolute atomic E-state index is 12.8. The highest BCUT2D eigenvalue weighted by Crippen LogP contribution is 2.21. The second-order valence-corrected chi connectivity index (χ2v) is 5.66. The van der Waals surface area contributed by atoms with Gasteiger partial charge in [-0.05, 0) is 26.0 Å². The largest absolute Gasteiger partial charge is 0.397 e. The summed E-state index contributed by atoms with van der Waals surface area (Å²) in [7, 11) is -3.49. The van der Waals surface area contributed by atoms with Gasteiger partial charge >= 0.3 is 0 Å². The number of nitrogens with two attached hydrogens (primary N) is 1. The van der Waals surface area contributed by atoms with Gasteiger partial charge < -0.3 is 5.73 Å². The zero-order valence-corrected chi connectivity index (χ0v) is 9.31. The Morgan fingerprint density at radius 3 is 2.53 bits per heavy atom. The molecule has 0 amide bonds. The molecule has 0 aliphatic carbocycles. The molecule has 0 saturated carbocycles. The van der Waals surface area contributed by atoms with Crippen molar-refractivity contribution in [2.75, 3.05) is 10.5 Å². The fraction of sp³-hybridized carbons (Fsp3) is 0.333. The number of halogens is 1. The predicted molar refractivity (Wildman–Crippen MR) is 58.5 cm³/mol. The van der Waals surface area contributed by atoms with E-state index in [0.29, 0.717) is 0 Å². The van der Waals surface area contributed by atoms with E-state index in [0.717, 1.165) is 6.07 Å². The minimum atomic E-state index is -3.49. The van der Waals surface area contributed by atoms with Crippen molar-refractivity contribution in [2.45, 2.75) is 19.1 Å². The Morgan fingerprint density at radius 1 is 1.40 bits per heavy atom. The number of sulfonamides is 1. The Kier molecular flexibility index (Phi) is 3.18. The van der Waals surface area contributed by atoms with Crippen LogP contribution in [0.25, 0.3) is 0 Å². The molecule has 0 aliphatic heterocycles. The molecule has 6 heteroatoms. The highest BCUT2D eigenvalue weighted by atomic mass is 32.2. The van der Waals surface area contributed by atoms with Crippen LogP contribution < -0.4 is 10.5 Å². The van der Waals surface area contributed by atoms with Gasteiger partial charge in [-0.2, -0.15) is 0 Å². The van der Waals surface area contributed by atoms with E-state index < -0.39 is 21.1 Å². The Bertz CT molecular complexity index is 457. The summed E-state index contributed by atoms with van der Waals surface area (Å²) >= 11 is 0. The summed E-state index contributed by atoms with van der Waals surface area (Å²) in [6.45, 7) is 3.05. The molecule has 1 aromatic rings. The number of nitrogen functional groups attached to an aromatic ring is 1. The minimum Gasteiger partial charge on any atom is -0.397 e. The lowest BCUT2D eigenvalue weighted by atomic mass is 10.3. The summed E-state index contributed by atoms with van der Waals surface area (Å²) in [5.74, 6) is -0.536. The molecular weight excluding hydrogens is 219 g/mol. The lowest BCUT2D eigenvalue weighted by Crippen LogP contribution is -2.23. The van der Waals surface area contributed by atoms with Gasteiger partial charge in [0.2, 0.25) is 10.0 Å². The molecular formula is C9H13FN2O2S. The molecule has 15 heavy (non-hydrogen) atoms. The number of benzene rings is 1. The summed E-state index contributed by atoms with van der Waals surface area (Å²) in [6, 6.07) is 3.53. The molecule has 3 N–H and O–H groups in total. The predicted octanol–water partition coefficient (Wildman–Crippen LogP) is 1.56. The Morgan fingerprint density at radius 2 is 2.00 bits per heavy atom. The average Bonchev–Trinajstić information content (AvgIpc) is 2.10. The summed E-state index contributed by atoms with van der Waals surface area (Å²) in [4.78, 5) is 0. The first-order chi connectivity index (χ1) is 6.83. The third-order valence-corrected chi connectivity index (χ3v) is 3.63. The van der Waals surface area contributed by atoms with Crippen LogP contribution >= 0.6 is 0 Å². The summed E-state index contributed by atoms with van der Waals surface area (Å²) in [6.07, 6.45) is 0. The molecule has 0 heterocycles. The smallest absolute Gasteiger partial charge is 0.235 e. The molecule has 0 fully saturated rings.